The predicted molar refractivity (Wildman–Crippen MR) is 85.2 cm³/mol. The molecule has 0 bridgehead atoms. The minimum Gasteiger partial charge on any atom is -0.379 e. The van der Waals surface area contributed by atoms with Gasteiger partial charge in [-0.05, 0) is 22.9 Å². The Morgan fingerprint density at radius 2 is 2.17 bits per heavy atom. The fourth-order valence-corrected chi connectivity index (χ4v) is 2.81. The van der Waals surface area contributed by atoms with Crippen LogP contribution in [0.3, 0.4) is 0 Å². The number of fused-ring (bicyclic) bond motifs is 1. The van der Waals surface area contributed by atoms with Gasteiger partial charge in [0.15, 0.2) is 11.5 Å². The van der Waals surface area contributed by atoms with Gasteiger partial charge in [0.25, 0.3) is 0 Å². The predicted octanol–water partition coefficient (Wildman–Crippen LogP) is 2.18. The molecule has 1 aliphatic heterocycles. The van der Waals surface area contributed by atoms with Crippen LogP contribution in [0.5, 0.6) is 0 Å². The average Bonchev–Trinajstić information content (AvgIpc) is 3.21. The van der Waals surface area contributed by atoms with E-state index < -0.39 is 0 Å². The fourth-order valence-electron chi connectivity index (χ4n) is 2.81. The van der Waals surface area contributed by atoms with Gasteiger partial charge in [-0.3, -0.25) is 10.00 Å². The highest BCUT2D eigenvalue weighted by atomic mass is 16.5. The summed E-state index contributed by atoms with van der Waals surface area (Å²) in [4.78, 5) is 20.9. The Morgan fingerprint density at radius 3 is 3.00 bits per heavy atom. The van der Waals surface area contributed by atoms with E-state index in [0.717, 1.165) is 43.9 Å². The highest BCUT2D eigenvalue weighted by molar-refractivity contribution is 5.81. The number of H-pyrrole nitrogens is 2. The third-order valence-corrected chi connectivity index (χ3v) is 4.01. The molecule has 1 saturated heterocycles. The van der Waals surface area contributed by atoms with Crippen LogP contribution in [-0.4, -0.2) is 51.4 Å². The molecule has 0 atom stereocenters. The van der Waals surface area contributed by atoms with Crippen molar-refractivity contribution in [3.05, 3.63) is 34.9 Å². The van der Waals surface area contributed by atoms with Crippen molar-refractivity contribution < 1.29 is 4.74 Å². The van der Waals surface area contributed by atoms with Gasteiger partial charge in [-0.15, -0.1) is 4.91 Å². The zero-order valence-electron chi connectivity index (χ0n) is 12.5. The number of aromatic amines is 2. The smallest absolute Gasteiger partial charge is 0.158 e. The van der Waals surface area contributed by atoms with Gasteiger partial charge in [0.05, 0.1) is 30.4 Å². The van der Waals surface area contributed by atoms with E-state index in [0.29, 0.717) is 11.5 Å². The van der Waals surface area contributed by atoms with E-state index in [9.17, 15) is 4.91 Å². The number of aromatic nitrogens is 4. The van der Waals surface area contributed by atoms with Gasteiger partial charge in [-0.2, -0.15) is 5.10 Å². The zero-order chi connectivity index (χ0) is 15.6. The Balaban J connectivity index is 1.63. The number of rotatable bonds is 4. The topological polar surface area (TPSA) is 99.3 Å². The van der Waals surface area contributed by atoms with Gasteiger partial charge in [-0.25, -0.2) is 4.98 Å². The summed E-state index contributed by atoms with van der Waals surface area (Å²) in [7, 11) is 0. The van der Waals surface area contributed by atoms with E-state index in [1.54, 1.807) is 0 Å². The molecule has 0 saturated carbocycles. The summed E-state index contributed by atoms with van der Waals surface area (Å²) < 4.78 is 5.37. The van der Waals surface area contributed by atoms with Crippen molar-refractivity contribution in [2.24, 2.45) is 5.18 Å². The lowest BCUT2D eigenvalue weighted by Gasteiger charge is -2.26. The van der Waals surface area contributed by atoms with E-state index in [-0.39, 0.29) is 5.69 Å². The molecule has 1 aliphatic rings. The maximum atomic E-state index is 10.8. The molecule has 0 aliphatic carbocycles. The second-order valence-electron chi connectivity index (χ2n) is 5.55. The molecule has 23 heavy (non-hydrogen) atoms. The van der Waals surface area contributed by atoms with Gasteiger partial charge in [-0.1, -0.05) is 6.07 Å². The maximum Gasteiger partial charge on any atom is 0.158 e. The Morgan fingerprint density at radius 1 is 1.30 bits per heavy atom. The first kappa shape index (κ1) is 14.0. The number of morpholine rings is 1. The number of ether oxygens (including phenoxy) is 1. The number of hydrogen-bond donors (Lipinski definition) is 2. The number of imidazole rings is 1. The third-order valence-electron chi connectivity index (χ3n) is 4.01. The second kappa shape index (κ2) is 5.90. The molecule has 2 N–H and O–H groups in total. The minimum atomic E-state index is 0.248. The number of nitroso groups, excluding NO2 is 1. The highest BCUT2D eigenvalue weighted by Gasteiger charge is 2.14. The van der Waals surface area contributed by atoms with Crippen LogP contribution in [0.1, 0.15) is 5.56 Å². The molecule has 0 unspecified atom stereocenters. The van der Waals surface area contributed by atoms with E-state index in [1.165, 1.54) is 11.8 Å². The van der Waals surface area contributed by atoms with Crippen molar-refractivity contribution in [1.82, 2.24) is 25.1 Å². The van der Waals surface area contributed by atoms with Crippen LogP contribution in [0.15, 0.2) is 29.6 Å². The molecule has 8 heteroatoms. The molecule has 8 nitrogen and oxygen atoms in total. The largest absolute Gasteiger partial charge is 0.379 e. The van der Waals surface area contributed by atoms with Gasteiger partial charge < -0.3 is 9.72 Å². The number of nitrogens with one attached hydrogen (secondary N) is 2. The normalized spacial score (nSPS) is 16.0. The Bertz CT molecular complexity index is 833. The lowest BCUT2D eigenvalue weighted by atomic mass is 10.2. The van der Waals surface area contributed by atoms with Gasteiger partial charge in [0.2, 0.25) is 0 Å². The first-order valence-electron chi connectivity index (χ1n) is 7.49. The Labute approximate surface area is 131 Å². The van der Waals surface area contributed by atoms with Gasteiger partial charge >= 0.3 is 0 Å². The Kier molecular flexibility index (Phi) is 3.60. The second-order valence-corrected chi connectivity index (χ2v) is 5.55. The van der Waals surface area contributed by atoms with Crippen LogP contribution in [0, 0.1) is 4.91 Å². The van der Waals surface area contributed by atoms with Crippen LogP contribution in [0.2, 0.25) is 0 Å². The van der Waals surface area contributed by atoms with Crippen molar-refractivity contribution in [2.45, 2.75) is 6.54 Å². The summed E-state index contributed by atoms with van der Waals surface area (Å²) in [6.45, 7) is 4.37. The minimum absolute atomic E-state index is 0.248. The lowest BCUT2D eigenvalue weighted by molar-refractivity contribution is 0.0342. The van der Waals surface area contributed by atoms with Crippen molar-refractivity contribution in [3.8, 4) is 11.5 Å². The van der Waals surface area contributed by atoms with Crippen molar-refractivity contribution in [2.75, 3.05) is 26.3 Å². The Hall–Kier alpha value is -2.58. The first-order valence-corrected chi connectivity index (χ1v) is 7.49. The first-order chi connectivity index (χ1) is 11.3. The third kappa shape index (κ3) is 2.73. The van der Waals surface area contributed by atoms with Crippen molar-refractivity contribution in [3.63, 3.8) is 0 Å². The van der Waals surface area contributed by atoms with E-state index in [2.05, 4.69) is 42.4 Å². The van der Waals surface area contributed by atoms with E-state index in [4.69, 9.17) is 4.74 Å². The van der Waals surface area contributed by atoms with E-state index in [1.807, 2.05) is 6.07 Å². The van der Waals surface area contributed by atoms with Crippen LogP contribution in [0.25, 0.3) is 22.6 Å². The molecule has 0 radical (unpaired) electrons. The molecule has 0 spiro atoms. The SMILES string of the molecule is O=Nc1cn[nH]c1-c1nc2ccc(CN3CCOCC3)cc2[nH]1. The summed E-state index contributed by atoms with van der Waals surface area (Å²) in [5.41, 5.74) is 3.74. The quantitative estimate of drug-likeness (QED) is 0.719. The molecule has 3 heterocycles. The molecular formula is C15H16N6O2. The summed E-state index contributed by atoms with van der Waals surface area (Å²) in [6, 6.07) is 6.15. The highest BCUT2D eigenvalue weighted by Crippen LogP contribution is 2.27. The summed E-state index contributed by atoms with van der Waals surface area (Å²) in [5.74, 6) is 0.565. The fraction of sp³-hybridized carbons (Fsp3) is 0.333. The zero-order valence-corrected chi connectivity index (χ0v) is 12.5. The molecule has 1 fully saturated rings. The van der Waals surface area contributed by atoms with Crippen LogP contribution in [-0.2, 0) is 11.3 Å². The van der Waals surface area contributed by atoms with Crippen LogP contribution < -0.4 is 0 Å². The molecular weight excluding hydrogens is 296 g/mol. The standard InChI is InChI=1S/C15H16N6O2/c22-20-13-8-16-19-14(13)15-17-11-2-1-10(7-12(11)18-15)9-21-3-5-23-6-4-21/h1-2,7-8H,3-6,9H2,(H,16,19)(H,17,18). The van der Waals surface area contributed by atoms with Gasteiger partial charge in [0.1, 0.15) is 5.69 Å². The lowest BCUT2D eigenvalue weighted by Crippen LogP contribution is -2.35. The molecule has 3 aromatic rings. The molecule has 1 aromatic carbocycles. The molecule has 118 valence electrons. The van der Waals surface area contributed by atoms with Crippen LogP contribution in [0.4, 0.5) is 5.69 Å². The van der Waals surface area contributed by atoms with Crippen molar-refractivity contribution >= 4 is 16.7 Å². The summed E-state index contributed by atoms with van der Waals surface area (Å²) in [5, 5.41) is 9.54. The maximum absolute atomic E-state index is 10.8. The van der Waals surface area contributed by atoms with Gasteiger partial charge in [0, 0.05) is 19.6 Å². The monoisotopic (exact) mass is 312 g/mol. The molecule has 4 rings (SSSR count). The van der Waals surface area contributed by atoms with Crippen LogP contribution >= 0.6 is 0 Å². The number of hydrogen-bond acceptors (Lipinski definition) is 6. The summed E-state index contributed by atoms with van der Waals surface area (Å²) in [6.07, 6.45) is 1.39. The molecule has 0 amide bonds. The number of nitrogens with zero attached hydrogens (tertiary/aromatic N) is 4. The average molecular weight is 312 g/mol. The van der Waals surface area contributed by atoms with E-state index >= 15 is 0 Å². The summed E-state index contributed by atoms with van der Waals surface area (Å²) >= 11 is 0. The van der Waals surface area contributed by atoms with Crippen molar-refractivity contribution in [1.29, 1.82) is 0 Å². The molecule has 2 aromatic heterocycles. The number of benzene rings is 1.